The molecule has 2 unspecified atom stereocenters. The number of hydrogen-bond donors (Lipinski definition) is 2. The number of urea groups is 1. The Kier molecular flexibility index (Phi) is 17.3. The molecule has 54 heavy (non-hydrogen) atoms. The first kappa shape index (κ1) is 42.8. The quantitative estimate of drug-likeness (QED) is 0.0332. The molecule has 0 bridgehead atoms. The van der Waals surface area contributed by atoms with E-state index in [-0.39, 0.29) is 17.0 Å². The van der Waals surface area contributed by atoms with Crippen LogP contribution in [-0.2, 0) is 19.7 Å². The first-order valence-corrected chi connectivity index (χ1v) is 21.4. The molecule has 2 saturated heterocycles. The molecule has 2 atom stereocenters. The van der Waals surface area contributed by atoms with Crippen LogP contribution in [-0.4, -0.2) is 78.7 Å². The lowest BCUT2D eigenvalue weighted by Crippen LogP contribution is -2.52. The van der Waals surface area contributed by atoms with Crippen LogP contribution < -0.4 is 14.8 Å². The Hall–Kier alpha value is -3.97. The number of rotatable bonds is 25. The van der Waals surface area contributed by atoms with Crippen LogP contribution in [0, 0.1) is 0 Å². The Morgan fingerprint density at radius 2 is 1.41 bits per heavy atom. The number of ether oxygens (including phenoxy) is 2. The third kappa shape index (κ3) is 12.3. The molecule has 2 fully saturated rings. The average molecular weight is 770 g/mol. The maximum Gasteiger partial charge on any atom is 0.328 e. The van der Waals surface area contributed by atoms with Crippen molar-refractivity contribution in [3.63, 3.8) is 0 Å². The van der Waals surface area contributed by atoms with Gasteiger partial charge in [-0.2, -0.15) is 8.42 Å². The fourth-order valence-electron chi connectivity index (χ4n) is 7.26. The van der Waals surface area contributed by atoms with Gasteiger partial charge in [0, 0.05) is 12.1 Å². The van der Waals surface area contributed by atoms with Gasteiger partial charge in [0.2, 0.25) is 0 Å². The highest BCUT2D eigenvalue weighted by Gasteiger charge is 2.52. The zero-order chi connectivity index (χ0) is 38.9. The van der Waals surface area contributed by atoms with E-state index < -0.39 is 50.7 Å². The van der Waals surface area contributed by atoms with E-state index in [1.807, 2.05) is 0 Å². The molecular formula is C41H59N3O9S. The number of nitrogens with one attached hydrogen (secondary N) is 1. The molecule has 4 amide bonds. The van der Waals surface area contributed by atoms with Crippen LogP contribution in [0.15, 0.2) is 47.4 Å². The maximum absolute atomic E-state index is 14.0. The smallest absolute Gasteiger partial charge is 0.328 e. The van der Waals surface area contributed by atoms with Gasteiger partial charge in [0.1, 0.15) is 17.5 Å². The van der Waals surface area contributed by atoms with Gasteiger partial charge in [0.25, 0.3) is 21.9 Å². The molecule has 2 heterocycles. The largest absolute Gasteiger partial charge is 0.495 e. The van der Waals surface area contributed by atoms with Gasteiger partial charge >= 0.3 is 6.03 Å². The van der Waals surface area contributed by atoms with E-state index >= 15 is 0 Å². The number of piperidine rings is 1. The summed E-state index contributed by atoms with van der Waals surface area (Å²) in [6.45, 7) is 3.10. The number of benzene rings is 2. The van der Waals surface area contributed by atoms with Gasteiger partial charge in [0.15, 0.2) is 11.8 Å². The second-order valence-electron chi connectivity index (χ2n) is 14.5. The normalized spacial score (nSPS) is 16.3. The number of nitrogens with zero attached hydrogens (tertiary/aromatic N) is 2. The molecule has 0 saturated carbocycles. The predicted molar refractivity (Wildman–Crippen MR) is 208 cm³/mol. The molecule has 2 aliphatic heterocycles. The molecule has 0 aromatic heterocycles. The summed E-state index contributed by atoms with van der Waals surface area (Å²) in [6, 6.07) is 6.08. The van der Waals surface area contributed by atoms with Crippen LogP contribution in [0.4, 0.5) is 10.5 Å². The Bertz CT molecular complexity index is 1620. The third-order valence-electron chi connectivity index (χ3n) is 10.4. The molecule has 13 heteroatoms. The lowest BCUT2D eigenvalue weighted by atomic mass is 10.0. The van der Waals surface area contributed by atoms with Crippen LogP contribution >= 0.6 is 0 Å². The highest BCUT2D eigenvalue weighted by atomic mass is 32.2. The van der Waals surface area contributed by atoms with Gasteiger partial charge in [-0.05, 0) is 68.1 Å². The summed E-state index contributed by atoms with van der Waals surface area (Å²) in [5, 5.41) is 2.46. The van der Waals surface area contributed by atoms with Gasteiger partial charge in [-0.15, -0.1) is 0 Å². The number of unbranched alkanes of at least 4 members (excludes halogenated alkanes) is 15. The Balaban J connectivity index is 1.28. The minimum Gasteiger partial charge on any atom is -0.495 e. The summed E-state index contributed by atoms with van der Waals surface area (Å²) >= 11 is 0. The minimum absolute atomic E-state index is 0.0318. The number of amides is 4. The molecule has 4 rings (SSSR count). The molecule has 2 N–H and O–H groups in total. The summed E-state index contributed by atoms with van der Waals surface area (Å²) in [7, 11) is -3.36. The van der Waals surface area contributed by atoms with Gasteiger partial charge in [-0.3, -0.25) is 18.9 Å². The molecular weight excluding hydrogens is 711 g/mol. The molecule has 0 spiro atoms. The number of methoxy groups -OCH3 is 1. The summed E-state index contributed by atoms with van der Waals surface area (Å²) in [6.07, 6.45) is 22.4. The second-order valence-corrected chi connectivity index (χ2v) is 15.9. The standard InChI is InChI=1S/C41H59N3O9S/c1-3-4-5-6-7-8-9-10-11-12-13-14-15-16-17-20-29-53-32-24-22-31(23-25-32)38(45)37(44-40(47)35-21-18-19-28-43(35)41(44)48)39(46)42-34-30-33(54(49,50)51)26-27-36(34)52-2/h22-27,30,35,37H,3-21,28-29H2,1-2H3,(H,42,46)(H,49,50,51). The molecule has 298 valence electrons. The zero-order valence-corrected chi connectivity index (χ0v) is 32.9. The van der Waals surface area contributed by atoms with E-state index in [1.54, 1.807) is 12.1 Å². The van der Waals surface area contributed by atoms with Gasteiger partial charge in [-0.25, -0.2) is 9.69 Å². The van der Waals surface area contributed by atoms with Gasteiger partial charge in [-0.1, -0.05) is 103 Å². The Labute approximate surface area is 321 Å². The van der Waals surface area contributed by atoms with Crippen molar-refractivity contribution < 1.29 is 41.6 Å². The van der Waals surface area contributed by atoms with E-state index in [0.29, 0.717) is 36.6 Å². The van der Waals surface area contributed by atoms with Crippen molar-refractivity contribution in [1.29, 1.82) is 0 Å². The fourth-order valence-corrected chi connectivity index (χ4v) is 7.77. The van der Waals surface area contributed by atoms with Crippen molar-refractivity contribution in [2.75, 3.05) is 25.6 Å². The van der Waals surface area contributed by atoms with E-state index in [2.05, 4.69) is 12.2 Å². The number of Topliss-reactive ketones (excluding diaryl/α,β-unsaturated/α-hetero) is 1. The van der Waals surface area contributed by atoms with Crippen molar-refractivity contribution in [3.05, 3.63) is 48.0 Å². The van der Waals surface area contributed by atoms with E-state index in [0.717, 1.165) is 37.8 Å². The molecule has 2 aromatic carbocycles. The third-order valence-corrected chi connectivity index (χ3v) is 11.2. The monoisotopic (exact) mass is 769 g/mol. The van der Waals surface area contributed by atoms with Crippen molar-refractivity contribution in [2.24, 2.45) is 0 Å². The number of hydrogen-bond acceptors (Lipinski definition) is 8. The molecule has 2 aliphatic rings. The molecule has 12 nitrogen and oxygen atoms in total. The number of anilines is 1. The first-order valence-electron chi connectivity index (χ1n) is 19.9. The van der Waals surface area contributed by atoms with Crippen molar-refractivity contribution in [2.45, 2.75) is 146 Å². The van der Waals surface area contributed by atoms with Crippen LogP contribution in [0.2, 0.25) is 0 Å². The van der Waals surface area contributed by atoms with Crippen molar-refractivity contribution in [3.8, 4) is 11.5 Å². The number of fused-ring (bicyclic) bond motifs is 1. The fraction of sp³-hybridized carbons (Fsp3) is 0.610. The van der Waals surface area contributed by atoms with Crippen LogP contribution in [0.1, 0.15) is 139 Å². The molecule has 2 aromatic rings. The number of imide groups is 1. The van der Waals surface area contributed by atoms with E-state index in [4.69, 9.17) is 9.47 Å². The lowest BCUT2D eigenvalue weighted by Gasteiger charge is -2.26. The van der Waals surface area contributed by atoms with E-state index in [9.17, 15) is 32.1 Å². The predicted octanol–water partition coefficient (Wildman–Crippen LogP) is 8.59. The lowest BCUT2D eigenvalue weighted by molar-refractivity contribution is -0.133. The van der Waals surface area contributed by atoms with Crippen LogP contribution in [0.3, 0.4) is 0 Å². The number of ketones is 1. The topological polar surface area (TPSA) is 160 Å². The van der Waals surface area contributed by atoms with Crippen molar-refractivity contribution in [1.82, 2.24) is 9.80 Å². The highest BCUT2D eigenvalue weighted by Crippen LogP contribution is 2.32. The van der Waals surface area contributed by atoms with Crippen LogP contribution in [0.5, 0.6) is 11.5 Å². The zero-order valence-electron chi connectivity index (χ0n) is 32.1. The van der Waals surface area contributed by atoms with Crippen LogP contribution in [0.25, 0.3) is 0 Å². The first-order chi connectivity index (χ1) is 26.1. The van der Waals surface area contributed by atoms with Gasteiger partial charge < -0.3 is 19.7 Å². The SMILES string of the molecule is CCCCCCCCCCCCCCCCCCOc1ccc(C(=O)C(C(=O)Nc2cc(S(=O)(=O)O)ccc2OC)N2C(=O)C3CCCCN3C2=O)cc1. The molecule has 0 radical (unpaired) electrons. The number of carbonyl (C=O) groups is 4. The van der Waals surface area contributed by atoms with E-state index in [1.165, 1.54) is 114 Å². The highest BCUT2D eigenvalue weighted by molar-refractivity contribution is 7.85. The minimum atomic E-state index is -4.65. The van der Waals surface area contributed by atoms with Crippen molar-refractivity contribution >= 4 is 39.4 Å². The Morgan fingerprint density at radius 1 is 0.833 bits per heavy atom. The second kappa shape index (κ2) is 21.8. The maximum atomic E-state index is 14.0. The average Bonchev–Trinajstić information content (AvgIpc) is 3.41. The number of carbonyl (C=O) groups excluding carboxylic acids is 4. The summed E-state index contributed by atoms with van der Waals surface area (Å²) in [5.41, 5.74) is -0.0980. The summed E-state index contributed by atoms with van der Waals surface area (Å²) in [5.74, 6) is -1.92. The summed E-state index contributed by atoms with van der Waals surface area (Å²) in [4.78, 5) is 56.6. The summed E-state index contributed by atoms with van der Waals surface area (Å²) < 4.78 is 44.3. The van der Waals surface area contributed by atoms with Gasteiger partial charge in [0.05, 0.1) is 24.3 Å². The Morgan fingerprint density at radius 3 is 1.94 bits per heavy atom. The molecule has 0 aliphatic carbocycles.